The van der Waals surface area contributed by atoms with E-state index in [4.69, 9.17) is 5.11 Å². The molecule has 0 saturated heterocycles. The number of rotatable bonds is 9. The molecular weight excluding hydrogens is 176 g/mol. The van der Waals surface area contributed by atoms with E-state index in [-0.39, 0.29) is 0 Å². The first-order chi connectivity index (χ1) is 6.74. The fourth-order valence-corrected chi connectivity index (χ4v) is 1.56. The number of aliphatic hydroxyl groups is 1. The minimum Gasteiger partial charge on any atom is -0.396 e. The Morgan fingerprint density at radius 1 is 0.929 bits per heavy atom. The monoisotopic (exact) mass is 202 g/mol. The van der Waals surface area contributed by atoms with Crippen molar-refractivity contribution in [3.8, 4) is 0 Å². The average molecular weight is 202 g/mol. The van der Waals surface area contributed by atoms with Crippen LogP contribution in [0.15, 0.2) is 0 Å². The second-order valence-electron chi connectivity index (χ2n) is 3.76. The second kappa shape index (κ2) is 9.44. The van der Waals surface area contributed by atoms with Crippen LogP contribution >= 0.6 is 0 Å². The third kappa shape index (κ3) is 7.30. The highest BCUT2D eigenvalue weighted by molar-refractivity contribution is 4.56. The first kappa shape index (κ1) is 13.9. The predicted molar refractivity (Wildman–Crippen MR) is 61.6 cm³/mol. The molecule has 86 valence electrons. The summed E-state index contributed by atoms with van der Waals surface area (Å²) in [6, 6.07) is 0. The number of aliphatic hydroxyl groups excluding tert-OH is 1. The van der Waals surface area contributed by atoms with Gasteiger partial charge in [-0.3, -0.25) is 0 Å². The van der Waals surface area contributed by atoms with Gasteiger partial charge in [-0.15, -0.1) is 0 Å². The fourth-order valence-electron chi connectivity index (χ4n) is 1.56. The van der Waals surface area contributed by atoms with Gasteiger partial charge < -0.3 is 14.9 Å². The first-order valence-corrected chi connectivity index (χ1v) is 5.76. The molecule has 0 unspecified atom stereocenters. The molecule has 0 rings (SSSR count). The molecule has 0 heterocycles. The molecule has 0 aromatic heterocycles. The number of hydrogen-bond acceptors (Lipinski definition) is 3. The standard InChI is InChI=1S/C11H26N2O/c1-4-13(5-2)10-6-8-12(3)9-7-11-14/h14H,4-11H2,1-3H3. The Bertz CT molecular complexity index is 116. The van der Waals surface area contributed by atoms with Crippen LogP contribution in [0.5, 0.6) is 0 Å². The van der Waals surface area contributed by atoms with Crippen molar-refractivity contribution in [2.45, 2.75) is 26.7 Å². The van der Waals surface area contributed by atoms with Crippen LogP contribution < -0.4 is 0 Å². The highest BCUT2D eigenvalue weighted by atomic mass is 16.3. The Morgan fingerprint density at radius 2 is 1.50 bits per heavy atom. The van der Waals surface area contributed by atoms with Crippen molar-refractivity contribution in [1.29, 1.82) is 0 Å². The summed E-state index contributed by atoms with van der Waals surface area (Å²) in [6.07, 6.45) is 2.12. The largest absolute Gasteiger partial charge is 0.396 e. The van der Waals surface area contributed by atoms with Crippen LogP contribution in [0.1, 0.15) is 26.7 Å². The van der Waals surface area contributed by atoms with Crippen molar-refractivity contribution in [2.24, 2.45) is 0 Å². The third-order valence-corrected chi connectivity index (χ3v) is 2.61. The normalized spacial score (nSPS) is 11.6. The Labute approximate surface area is 88.7 Å². The lowest BCUT2D eigenvalue weighted by Crippen LogP contribution is -2.28. The molecule has 0 bridgehead atoms. The number of nitrogens with zero attached hydrogens (tertiary/aromatic N) is 2. The Hall–Kier alpha value is -0.120. The van der Waals surface area contributed by atoms with Gasteiger partial charge in [0.1, 0.15) is 0 Å². The Kier molecular flexibility index (Phi) is 9.35. The molecule has 0 spiro atoms. The molecule has 0 aliphatic carbocycles. The van der Waals surface area contributed by atoms with E-state index in [0.29, 0.717) is 6.61 Å². The maximum Gasteiger partial charge on any atom is 0.0443 e. The van der Waals surface area contributed by atoms with Crippen LogP contribution in [0.4, 0.5) is 0 Å². The van der Waals surface area contributed by atoms with E-state index in [9.17, 15) is 0 Å². The Morgan fingerprint density at radius 3 is 2.00 bits per heavy atom. The van der Waals surface area contributed by atoms with Gasteiger partial charge >= 0.3 is 0 Å². The van der Waals surface area contributed by atoms with Crippen molar-refractivity contribution in [3.05, 3.63) is 0 Å². The lowest BCUT2D eigenvalue weighted by atomic mass is 10.3. The third-order valence-electron chi connectivity index (χ3n) is 2.61. The smallest absolute Gasteiger partial charge is 0.0443 e. The van der Waals surface area contributed by atoms with Gasteiger partial charge in [-0.05, 0) is 46.1 Å². The lowest BCUT2D eigenvalue weighted by molar-refractivity contribution is 0.232. The van der Waals surface area contributed by atoms with Crippen molar-refractivity contribution in [3.63, 3.8) is 0 Å². The van der Waals surface area contributed by atoms with E-state index < -0.39 is 0 Å². The summed E-state index contributed by atoms with van der Waals surface area (Å²) in [5, 5.41) is 8.67. The summed E-state index contributed by atoms with van der Waals surface area (Å²) in [5.41, 5.74) is 0. The molecule has 0 aliphatic heterocycles. The molecule has 0 atom stereocenters. The van der Waals surface area contributed by atoms with Crippen molar-refractivity contribution in [2.75, 3.05) is 46.4 Å². The van der Waals surface area contributed by atoms with Crippen LogP contribution in [-0.4, -0.2) is 61.3 Å². The van der Waals surface area contributed by atoms with Gasteiger partial charge in [-0.25, -0.2) is 0 Å². The van der Waals surface area contributed by atoms with E-state index in [2.05, 4.69) is 30.7 Å². The lowest BCUT2D eigenvalue weighted by Gasteiger charge is -2.20. The molecule has 0 aliphatic rings. The fraction of sp³-hybridized carbons (Fsp3) is 1.00. The summed E-state index contributed by atoms with van der Waals surface area (Å²) in [7, 11) is 2.12. The molecule has 1 N–H and O–H groups in total. The van der Waals surface area contributed by atoms with E-state index in [1.807, 2.05) is 0 Å². The molecule has 14 heavy (non-hydrogen) atoms. The molecule has 0 saturated carbocycles. The molecule has 0 fully saturated rings. The molecular formula is C11H26N2O. The Balaban J connectivity index is 3.33. The zero-order valence-corrected chi connectivity index (χ0v) is 10.00. The molecule has 3 nitrogen and oxygen atoms in total. The minimum atomic E-state index is 0.306. The SMILES string of the molecule is CCN(CC)CCCN(C)CCCO. The van der Waals surface area contributed by atoms with Gasteiger partial charge in [-0.2, -0.15) is 0 Å². The first-order valence-electron chi connectivity index (χ1n) is 5.76. The molecule has 3 heteroatoms. The number of hydrogen-bond donors (Lipinski definition) is 1. The van der Waals surface area contributed by atoms with Gasteiger partial charge in [0.15, 0.2) is 0 Å². The van der Waals surface area contributed by atoms with Crippen molar-refractivity contribution in [1.82, 2.24) is 9.80 Å². The quantitative estimate of drug-likeness (QED) is 0.605. The molecule has 0 aromatic rings. The van der Waals surface area contributed by atoms with Crippen LogP contribution in [-0.2, 0) is 0 Å². The van der Waals surface area contributed by atoms with Crippen LogP contribution in [0.25, 0.3) is 0 Å². The van der Waals surface area contributed by atoms with Crippen LogP contribution in [0, 0.1) is 0 Å². The van der Waals surface area contributed by atoms with Gasteiger partial charge in [0, 0.05) is 13.2 Å². The average Bonchev–Trinajstić information content (AvgIpc) is 2.21. The summed E-state index contributed by atoms with van der Waals surface area (Å²) in [6.45, 7) is 10.4. The minimum absolute atomic E-state index is 0.306. The summed E-state index contributed by atoms with van der Waals surface area (Å²) >= 11 is 0. The maximum atomic E-state index is 8.67. The van der Waals surface area contributed by atoms with Crippen molar-refractivity contribution < 1.29 is 5.11 Å². The van der Waals surface area contributed by atoms with E-state index >= 15 is 0 Å². The van der Waals surface area contributed by atoms with Gasteiger partial charge in [-0.1, -0.05) is 13.8 Å². The highest BCUT2D eigenvalue weighted by Crippen LogP contribution is 1.94. The van der Waals surface area contributed by atoms with E-state index in [1.54, 1.807) is 0 Å². The van der Waals surface area contributed by atoms with Crippen molar-refractivity contribution >= 4 is 0 Å². The van der Waals surface area contributed by atoms with Crippen LogP contribution in [0.2, 0.25) is 0 Å². The van der Waals surface area contributed by atoms with Gasteiger partial charge in [0.25, 0.3) is 0 Å². The molecule has 0 aromatic carbocycles. The van der Waals surface area contributed by atoms with Gasteiger partial charge in [0.05, 0.1) is 0 Å². The maximum absolute atomic E-state index is 8.67. The highest BCUT2D eigenvalue weighted by Gasteiger charge is 2.00. The topological polar surface area (TPSA) is 26.7 Å². The van der Waals surface area contributed by atoms with E-state index in [1.165, 1.54) is 13.0 Å². The van der Waals surface area contributed by atoms with Gasteiger partial charge in [0.2, 0.25) is 0 Å². The summed E-state index contributed by atoms with van der Waals surface area (Å²) in [4.78, 5) is 4.74. The van der Waals surface area contributed by atoms with Crippen LogP contribution in [0.3, 0.4) is 0 Å². The second-order valence-corrected chi connectivity index (χ2v) is 3.76. The predicted octanol–water partition coefficient (Wildman–Crippen LogP) is 1.03. The van der Waals surface area contributed by atoms with E-state index in [0.717, 1.165) is 32.6 Å². The zero-order chi connectivity index (χ0) is 10.8. The summed E-state index contributed by atoms with van der Waals surface area (Å²) < 4.78 is 0. The molecule has 0 radical (unpaired) electrons. The summed E-state index contributed by atoms with van der Waals surface area (Å²) in [5.74, 6) is 0. The molecule has 0 amide bonds. The zero-order valence-electron chi connectivity index (χ0n) is 10.00.